The van der Waals surface area contributed by atoms with Gasteiger partial charge in [-0.05, 0) is 12.5 Å². The van der Waals surface area contributed by atoms with Crippen molar-refractivity contribution in [2.45, 2.75) is 0 Å². The molecule has 0 fully saturated rings. The first kappa shape index (κ1) is 10.8. The van der Waals surface area contributed by atoms with E-state index in [1.807, 2.05) is 12.5 Å². The van der Waals surface area contributed by atoms with Crippen LogP contribution in [0.5, 0.6) is 0 Å². The summed E-state index contributed by atoms with van der Waals surface area (Å²) in [5.74, 6) is 3.00. The molecule has 0 atom stereocenters. The Kier molecular flexibility index (Phi) is 5.95. The Bertz CT molecular complexity index is 166. The second-order valence-corrected chi connectivity index (χ2v) is 13.1. The molecular weight excluding hydrogens is 203 g/mol. The van der Waals surface area contributed by atoms with E-state index >= 15 is 0 Å². The molecule has 0 unspecified atom stereocenters. The molecule has 0 bridgehead atoms. The fourth-order valence-corrected chi connectivity index (χ4v) is 6.85. The minimum atomic E-state index is -2.09. The number of rotatable bonds is 4. The van der Waals surface area contributed by atoms with Crippen molar-refractivity contribution in [3.8, 4) is 12.3 Å². The van der Waals surface area contributed by atoms with Gasteiger partial charge in [-0.2, -0.15) is 0 Å². The van der Waals surface area contributed by atoms with Gasteiger partial charge in [-0.1, -0.05) is 40.1 Å². The smallest absolute Gasteiger partial charge is 0.244 e. The molecule has 0 aromatic carbocycles. The highest BCUT2D eigenvalue weighted by Crippen LogP contribution is 2.75. The zero-order chi connectivity index (χ0) is 8.04. The maximum absolute atomic E-state index is 11.5. The second kappa shape index (κ2) is 5.49. The van der Waals surface area contributed by atoms with E-state index in [2.05, 4.69) is 5.92 Å². The van der Waals surface area contributed by atoms with Crippen LogP contribution >= 0.6 is 38.9 Å². The van der Waals surface area contributed by atoms with Crippen LogP contribution in [-0.4, -0.2) is 18.3 Å². The average molecular weight is 212 g/mol. The summed E-state index contributed by atoms with van der Waals surface area (Å²) in [6.07, 6.45) is 8.73. The SMILES string of the molecule is C#CCSP(=O)(SC)SC. The summed E-state index contributed by atoms with van der Waals surface area (Å²) >= 11 is 4.17. The van der Waals surface area contributed by atoms with E-state index in [9.17, 15) is 4.57 Å². The topological polar surface area (TPSA) is 17.1 Å². The van der Waals surface area contributed by atoms with Crippen LogP contribution in [0.3, 0.4) is 0 Å². The van der Waals surface area contributed by atoms with Crippen molar-refractivity contribution in [1.29, 1.82) is 0 Å². The zero-order valence-corrected chi connectivity index (χ0v) is 9.21. The molecule has 0 aromatic heterocycles. The average Bonchev–Trinajstić information content (AvgIpc) is 2.00. The van der Waals surface area contributed by atoms with Crippen LogP contribution in [0.4, 0.5) is 0 Å². The van der Waals surface area contributed by atoms with Gasteiger partial charge in [0.15, 0.2) is 0 Å². The van der Waals surface area contributed by atoms with E-state index in [4.69, 9.17) is 6.42 Å². The summed E-state index contributed by atoms with van der Waals surface area (Å²) < 4.78 is 9.41. The predicted octanol–water partition coefficient (Wildman–Crippen LogP) is 3.19. The number of hydrogen-bond donors (Lipinski definition) is 0. The lowest BCUT2D eigenvalue weighted by molar-refractivity contribution is 0.601. The van der Waals surface area contributed by atoms with E-state index in [-0.39, 0.29) is 0 Å². The van der Waals surface area contributed by atoms with Crippen molar-refractivity contribution in [3.05, 3.63) is 0 Å². The molecule has 0 radical (unpaired) electrons. The first-order chi connectivity index (χ1) is 4.68. The highest BCUT2D eigenvalue weighted by Gasteiger charge is 2.18. The molecule has 0 spiro atoms. The quantitative estimate of drug-likeness (QED) is 0.525. The van der Waals surface area contributed by atoms with Gasteiger partial charge in [-0.15, -0.1) is 6.42 Å². The van der Waals surface area contributed by atoms with Crippen LogP contribution in [0.2, 0.25) is 0 Å². The van der Waals surface area contributed by atoms with Crippen LogP contribution in [-0.2, 0) is 4.57 Å². The van der Waals surface area contributed by atoms with E-state index in [0.29, 0.717) is 5.75 Å². The zero-order valence-electron chi connectivity index (χ0n) is 5.86. The number of terminal acetylenes is 1. The van der Waals surface area contributed by atoms with Crippen LogP contribution < -0.4 is 0 Å². The van der Waals surface area contributed by atoms with Crippen molar-refractivity contribution in [3.63, 3.8) is 0 Å². The fourth-order valence-electron chi connectivity index (χ4n) is 0.296. The van der Waals surface area contributed by atoms with Gasteiger partial charge in [-0.3, -0.25) is 4.57 Å². The van der Waals surface area contributed by atoms with E-state index in [1.54, 1.807) is 0 Å². The highest BCUT2D eigenvalue weighted by atomic mass is 33.4. The van der Waals surface area contributed by atoms with E-state index < -0.39 is 4.75 Å². The first-order valence-corrected chi connectivity index (χ1v) is 9.43. The third-order valence-corrected chi connectivity index (χ3v) is 13.5. The summed E-state index contributed by atoms with van der Waals surface area (Å²) in [6.45, 7) is 0. The van der Waals surface area contributed by atoms with Gasteiger partial charge >= 0.3 is 0 Å². The molecular formula is C5H9OPS3. The molecule has 58 valence electrons. The summed E-state index contributed by atoms with van der Waals surface area (Å²) in [4.78, 5) is 0. The standard InChI is InChI=1S/C5H9OPS3/c1-4-5-10-7(6,8-2)9-3/h1H,5H2,2-3H3. The van der Waals surface area contributed by atoms with Gasteiger partial charge in [0.1, 0.15) is 0 Å². The molecule has 0 N–H and O–H groups in total. The first-order valence-electron chi connectivity index (χ1n) is 2.48. The third kappa shape index (κ3) is 3.88. The third-order valence-electron chi connectivity index (χ3n) is 0.753. The van der Waals surface area contributed by atoms with Crippen LogP contribution in [0.15, 0.2) is 0 Å². The second-order valence-electron chi connectivity index (χ2n) is 1.29. The van der Waals surface area contributed by atoms with Gasteiger partial charge in [0.2, 0.25) is 4.75 Å². The maximum atomic E-state index is 11.5. The maximum Gasteiger partial charge on any atom is 0.244 e. The van der Waals surface area contributed by atoms with E-state index in [0.717, 1.165) is 0 Å². The van der Waals surface area contributed by atoms with Gasteiger partial charge in [0, 0.05) is 0 Å². The lowest BCUT2D eigenvalue weighted by atomic mass is 10.8. The van der Waals surface area contributed by atoms with Gasteiger partial charge in [-0.25, -0.2) is 0 Å². The fraction of sp³-hybridized carbons (Fsp3) is 0.600. The van der Waals surface area contributed by atoms with Crippen LogP contribution in [0.1, 0.15) is 0 Å². The Morgan fingerprint density at radius 3 is 2.30 bits per heavy atom. The number of hydrogen-bond acceptors (Lipinski definition) is 4. The highest BCUT2D eigenvalue weighted by molar-refractivity contribution is 9.14. The molecule has 10 heavy (non-hydrogen) atoms. The van der Waals surface area contributed by atoms with Gasteiger partial charge < -0.3 is 0 Å². The molecule has 0 saturated carbocycles. The molecule has 0 aliphatic rings. The largest absolute Gasteiger partial charge is 0.289 e. The molecule has 1 nitrogen and oxygen atoms in total. The summed E-state index contributed by atoms with van der Waals surface area (Å²) in [5.41, 5.74) is 0. The Hall–Kier alpha value is 0.840. The minimum absolute atomic E-state index is 0.541. The van der Waals surface area contributed by atoms with Crippen LogP contribution in [0, 0.1) is 12.3 Å². The molecule has 0 rings (SSSR count). The molecule has 0 saturated heterocycles. The lowest BCUT2D eigenvalue weighted by Gasteiger charge is -2.08. The molecule has 0 aliphatic carbocycles. The van der Waals surface area contributed by atoms with Crippen molar-refractivity contribution >= 4 is 38.9 Å². The van der Waals surface area contributed by atoms with Gasteiger partial charge in [0.25, 0.3) is 0 Å². The normalized spacial score (nSPS) is 10.9. The molecule has 0 aliphatic heterocycles. The molecule has 0 amide bonds. The summed E-state index contributed by atoms with van der Waals surface area (Å²) in [7, 11) is 0. The Morgan fingerprint density at radius 1 is 1.50 bits per heavy atom. The summed E-state index contributed by atoms with van der Waals surface area (Å²) in [6, 6.07) is 0. The monoisotopic (exact) mass is 212 g/mol. The molecule has 0 aromatic rings. The van der Waals surface area contributed by atoms with Crippen LogP contribution in [0.25, 0.3) is 0 Å². The minimum Gasteiger partial charge on any atom is -0.289 e. The van der Waals surface area contributed by atoms with Crippen molar-refractivity contribution in [1.82, 2.24) is 0 Å². The molecule has 0 heterocycles. The van der Waals surface area contributed by atoms with E-state index in [1.165, 1.54) is 34.1 Å². The van der Waals surface area contributed by atoms with Gasteiger partial charge in [0.05, 0.1) is 5.75 Å². The van der Waals surface area contributed by atoms with Crippen molar-refractivity contribution < 1.29 is 4.57 Å². The van der Waals surface area contributed by atoms with Crippen molar-refractivity contribution in [2.75, 3.05) is 18.3 Å². The Balaban J connectivity index is 3.85. The summed E-state index contributed by atoms with van der Waals surface area (Å²) in [5, 5.41) is 0. The van der Waals surface area contributed by atoms with Crippen molar-refractivity contribution in [2.24, 2.45) is 0 Å². The Morgan fingerprint density at radius 2 is 2.00 bits per heavy atom. The molecule has 5 heteroatoms. The Labute approximate surface area is 74.1 Å². The lowest BCUT2D eigenvalue weighted by Crippen LogP contribution is -1.66. The predicted molar refractivity (Wildman–Crippen MR) is 55.9 cm³/mol.